The lowest BCUT2D eigenvalue weighted by Crippen LogP contribution is -2.34. The van der Waals surface area contributed by atoms with Gasteiger partial charge in [-0.3, -0.25) is 4.79 Å². The van der Waals surface area contributed by atoms with E-state index >= 15 is 0 Å². The summed E-state index contributed by atoms with van der Waals surface area (Å²) in [5.74, 6) is -1.43. The highest BCUT2D eigenvalue weighted by atomic mass is 35.5. The molecular weight excluding hydrogens is 465 g/mol. The van der Waals surface area contributed by atoms with Gasteiger partial charge >= 0.3 is 12.2 Å². The van der Waals surface area contributed by atoms with Crippen LogP contribution in [0.15, 0.2) is 16.9 Å². The molecule has 154 valence electrons. The van der Waals surface area contributed by atoms with Crippen LogP contribution in [0.25, 0.3) is 5.69 Å². The van der Waals surface area contributed by atoms with Crippen LogP contribution in [0.4, 0.5) is 8.78 Å². The molecule has 0 fully saturated rings. The Bertz CT molecular complexity index is 1100. The monoisotopic (exact) mass is 476 g/mol. The van der Waals surface area contributed by atoms with Crippen LogP contribution < -0.4 is 11.4 Å². The molecule has 1 aromatic heterocycles. The standard InChI is InChI=1S/C14H13Cl3F2N4O4S/c1-5-21-23(14(25)22(5)13(18)19)9-3-6(7(15)4-8(9)16)11(28(2,26)27)10(17)12(20)24/h3-4,10-11,13H,1-2H3,(H2,20,24). The van der Waals surface area contributed by atoms with Gasteiger partial charge in [-0.2, -0.15) is 13.5 Å². The third kappa shape index (κ3) is 4.17. The summed E-state index contributed by atoms with van der Waals surface area (Å²) in [7, 11) is -4.02. The van der Waals surface area contributed by atoms with Crippen LogP contribution in [0.2, 0.25) is 10.0 Å². The van der Waals surface area contributed by atoms with Gasteiger partial charge in [0.25, 0.3) is 0 Å². The van der Waals surface area contributed by atoms with E-state index < -0.39 is 38.6 Å². The third-order valence-electron chi connectivity index (χ3n) is 3.78. The maximum atomic E-state index is 13.0. The van der Waals surface area contributed by atoms with Gasteiger partial charge in [-0.1, -0.05) is 23.2 Å². The number of nitrogens with zero attached hydrogens (tertiary/aromatic N) is 3. The first kappa shape index (κ1) is 22.6. The number of aromatic nitrogens is 3. The fourth-order valence-corrected chi connectivity index (χ4v) is 5.11. The Morgan fingerprint density at radius 1 is 1.25 bits per heavy atom. The molecule has 2 N–H and O–H groups in total. The van der Waals surface area contributed by atoms with E-state index in [-0.39, 0.29) is 31.7 Å². The van der Waals surface area contributed by atoms with Gasteiger partial charge in [0.15, 0.2) is 9.84 Å². The number of primary amides is 1. The second-order valence-corrected chi connectivity index (χ2v) is 9.22. The summed E-state index contributed by atoms with van der Waals surface area (Å²) >= 11 is 18.0. The van der Waals surface area contributed by atoms with Gasteiger partial charge in [0.05, 0.1) is 10.7 Å². The summed E-state index contributed by atoms with van der Waals surface area (Å²) in [5, 5.41) is -0.0120. The molecule has 2 unspecified atom stereocenters. The van der Waals surface area contributed by atoms with Gasteiger partial charge in [0.2, 0.25) is 5.91 Å². The number of hydrogen-bond donors (Lipinski definition) is 1. The average Bonchev–Trinajstić information content (AvgIpc) is 2.82. The van der Waals surface area contributed by atoms with Gasteiger partial charge in [-0.05, 0) is 24.6 Å². The zero-order valence-electron chi connectivity index (χ0n) is 14.2. The van der Waals surface area contributed by atoms with Gasteiger partial charge in [0, 0.05) is 11.3 Å². The molecule has 1 aromatic carbocycles. The second kappa shape index (κ2) is 7.97. The van der Waals surface area contributed by atoms with Crippen molar-refractivity contribution < 1.29 is 22.0 Å². The Morgan fingerprint density at radius 2 is 1.82 bits per heavy atom. The molecule has 0 bridgehead atoms. The molecule has 1 amide bonds. The minimum absolute atomic E-state index is 0.117. The van der Waals surface area contributed by atoms with E-state index in [1.807, 2.05) is 0 Å². The summed E-state index contributed by atoms with van der Waals surface area (Å²) in [4.78, 5) is 23.7. The Hall–Kier alpha value is -1.69. The van der Waals surface area contributed by atoms with Crippen LogP contribution >= 0.6 is 34.8 Å². The van der Waals surface area contributed by atoms with Crippen molar-refractivity contribution in [2.24, 2.45) is 5.73 Å². The van der Waals surface area contributed by atoms with Crippen molar-refractivity contribution in [3.63, 3.8) is 0 Å². The molecule has 2 atom stereocenters. The quantitative estimate of drug-likeness (QED) is 0.640. The fraction of sp³-hybridized carbons (Fsp3) is 0.357. The summed E-state index contributed by atoms with van der Waals surface area (Å²) in [6.07, 6.45) is 0.808. The summed E-state index contributed by atoms with van der Waals surface area (Å²) in [5.41, 5.74) is 3.49. The lowest BCUT2D eigenvalue weighted by atomic mass is 10.1. The largest absolute Gasteiger partial charge is 0.368 e. The zero-order valence-corrected chi connectivity index (χ0v) is 17.3. The van der Waals surface area contributed by atoms with Crippen LogP contribution in [0.1, 0.15) is 23.2 Å². The lowest BCUT2D eigenvalue weighted by Gasteiger charge is -2.21. The first-order valence-electron chi connectivity index (χ1n) is 7.35. The van der Waals surface area contributed by atoms with Gasteiger partial charge < -0.3 is 5.73 Å². The highest BCUT2D eigenvalue weighted by molar-refractivity contribution is 7.91. The Balaban J connectivity index is 2.81. The number of hydrogen-bond acceptors (Lipinski definition) is 5. The number of alkyl halides is 3. The van der Waals surface area contributed by atoms with Crippen molar-refractivity contribution in [3.8, 4) is 5.69 Å². The van der Waals surface area contributed by atoms with Crippen molar-refractivity contribution in [2.45, 2.75) is 24.1 Å². The summed E-state index contributed by atoms with van der Waals surface area (Å²) in [6, 6.07) is 2.12. The molecule has 2 rings (SSSR count). The van der Waals surface area contributed by atoms with Crippen LogP contribution in [-0.4, -0.2) is 40.3 Å². The summed E-state index contributed by atoms with van der Waals surface area (Å²) < 4.78 is 51.2. The first-order valence-corrected chi connectivity index (χ1v) is 10.5. The van der Waals surface area contributed by atoms with Crippen LogP contribution in [0.3, 0.4) is 0 Å². The molecule has 0 radical (unpaired) electrons. The minimum Gasteiger partial charge on any atom is -0.368 e. The van der Waals surface area contributed by atoms with Crippen molar-refractivity contribution in [1.82, 2.24) is 14.3 Å². The van der Waals surface area contributed by atoms with E-state index in [0.717, 1.165) is 18.4 Å². The molecule has 8 nitrogen and oxygen atoms in total. The molecule has 1 heterocycles. The maximum Gasteiger partial charge on any atom is 0.355 e. The van der Waals surface area contributed by atoms with E-state index in [2.05, 4.69) is 5.10 Å². The number of carbonyl (C=O) groups is 1. The van der Waals surface area contributed by atoms with Crippen LogP contribution in [0, 0.1) is 6.92 Å². The van der Waals surface area contributed by atoms with Crippen molar-refractivity contribution in [2.75, 3.05) is 6.26 Å². The van der Waals surface area contributed by atoms with Crippen molar-refractivity contribution in [1.29, 1.82) is 0 Å². The number of halogens is 5. The number of amides is 1. The predicted molar refractivity (Wildman–Crippen MR) is 100 cm³/mol. The molecule has 0 aliphatic carbocycles. The van der Waals surface area contributed by atoms with E-state index in [4.69, 9.17) is 40.5 Å². The van der Waals surface area contributed by atoms with E-state index in [9.17, 15) is 26.8 Å². The van der Waals surface area contributed by atoms with Crippen molar-refractivity contribution >= 4 is 50.5 Å². The minimum atomic E-state index is -4.02. The van der Waals surface area contributed by atoms with E-state index in [0.29, 0.717) is 4.68 Å². The molecule has 0 spiro atoms. The number of sulfone groups is 1. The molecule has 2 aromatic rings. The third-order valence-corrected chi connectivity index (χ3v) is 6.47. The molecule has 28 heavy (non-hydrogen) atoms. The maximum absolute atomic E-state index is 13.0. The Morgan fingerprint density at radius 3 is 2.25 bits per heavy atom. The fourth-order valence-electron chi connectivity index (χ4n) is 2.55. The van der Waals surface area contributed by atoms with E-state index in [1.165, 1.54) is 6.92 Å². The topological polar surface area (TPSA) is 117 Å². The second-order valence-electron chi connectivity index (χ2n) is 5.77. The molecular formula is C14H13Cl3F2N4O4S. The van der Waals surface area contributed by atoms with Crippen LogP contribution in [-0.2, 0) is 14.6 Å². The number of carbonyl (C=O) groups excluding carboxylic acids is 1. The smallest absolute Gasteiger partial charge is 0.355 e. The molecule has 14 heteroatoms. The van der Waals surface area contributed by atoms with Gasteiger partial charge in [-0.25, -0.2) is 17.8 Å². The molecule has 0 saturated carbocycles. The van der Waals surface area contributed by atoms with Gasteiger partial charge in [-0.15, -0.1) is 16.7 Å². The SMILES string of the molecule is Cc1nn(-c2cc(C(C(Cl)C(N)=O)S(C)(=O)=O)c(Cl)cc2Cl)c(=O)n1C(F)F. The molecule has 0 saturated heterocycles. The van der Waals surface area contributed by atoms with E-state index in [1.54, 1.807) is 0 Å². The van der Waals surface area contributed by atoms with Gasteiger partial charge in [0.1, 0.15) is 16.5 Å². The molecule has 0 aliphatic rings. The zero-order chi connectivity index (χ0) is 21.5. The number of rotatable bonds is 6. The lowest BCUT2D eigenvalue weighted by molar-refractivity contribution is -0.117. The van der Waals surface area contributed by atoms with Crippen molar-refractivity contribution in [3.05, 3.63) is 44.1 Å². The number of benzene rings is 1. The number of aryl methyl sites for hydroxylation is 1. The first-order chi connectivity index (χ1) is 12.8. The normalized spacial score (nSPS) is 14.3. The average molecular weight is 478 g/mol. The highest BCUT2D eigenvalue weighted by Crippen LogP contribution is 2.37. The van der Waals surface area contributed by atoms with Crippen LogP contribution in [0.5, 0.6) is 0 Å². The highest BCUT2D eigenvalue weighted by Gasteiger charge is 2.36. The summed E-state index contributed by atoms with van der Waals surface area (Å²) in [6.45, 7) is -1.98. The predicted octanol–water partition coefficient (Wildman–Crippen LogP) is 2.22. The Kier molecular flexibility index (Phi) is 6.44. The Labute approximate surface area is 172 Å². The molecule has 0 aliphatic heterocycles. The number of nitrogens with two attached hydrogens (primary N) is 1.